The molecule has 1 aromatic heterocycles. The van der Waals surface area contributed by atoms with Gasteiger partial charge in [0, 0.05) is 6.42 Å². The summed E-state index contributed by atoms with van der Waals surface area (Å²) in [7, 11) is 0. The second-order valence-corrected chi connectivity index (χ2v) is 2.36. The highest BCUT2D eigenvalue weighted by Gasteiger charge is 2.05. The van der Waals surface area contributed by atoms with Crippen molar-refractivity contribution in [3.8, 4) is 0 Å². The minimum Gasteiger partial charge on any atom is -0.469 e. The Labute approximate surface area is 65.5 Å². The summed E-state index contributed by atoms with van der Waals surface area (Å²) in [6, 6.07) is 1.73. The van der Waals surface area contributed by atoms with Gasteiger partial charge in [-0.3, -0.25) is 4.79 Å². The number of furan rings is 1. The van der Waals surface area contributed by atoms with E-state index in [1.165, 1.54) is 6.26 Å². The van der Waals surface area contributed by atoms with Gasteiger partial charge in [0.05, 0.1) is 5.56 Å². The van der Waals surface area contributed by atoms with E-state index in [2.05, 4.69) is 6.58 Å². The van der Waals surface area contributed by atoms with E-state index in [9.17, 15) is 4.79 Å². The topological polar surface area (TPSA) is 30.2 Å². The lowest BCUT2D eigenvalue weighted by Gasteiger charge is -1.87. The Morgan fingerprint density at radius 3 is 3.00 bits per heavy atom. The molecule has 1 heterocycles. The van der Waals surface area contributed by atoms with Gasteiger partial charge in [-0.05, 0) is 13.0 Å². The van der Waals surface area contributed by atoms with E-state index < -0.39 is 0 Å². The molecule has 0 spiro atoms. The lowest BCUT2D eigenvalue weighted by atomic mass is 10.1. The van der Waals surface area contributed by atoms with Crippen LogP contribution in [0.15, 0.2) is 29.4 Å². The molecule has 0 saturated carbocycles. The van der Waals surface area contributed by atoms with Crippen molar-refractivity contribution in [2.75, 3.05) is 0 Å². The normalized spacial score (nSPS) is 9.55. The number of carbonyl (C=O) groups is 1. The van der Waals surface area contributed by atoms with Crippen molar-refractivity contribution >= 4 is 5.78 Å². The van der Waals surface area contributed by atoms with Crippen LogP contribution in [-0.4, -0.2) is 5.78 Å². The Morgan fingerprint density at radius 2 is 2.55 bits per heavy atom. The fraction of sp³-hybridized carbons (Fsp3) is 0.222. The van der Waals surface area contributed by atoms with Crippen molar-refractivity contribution in [1.82, 2.24) is 0 Å². The highest BCUT2D eigenvalue weighted by atomic mass is 16.3. The first-order valence-electron chi connectivity index (χ1n) is 3.43. The van der Waals surface area contributed by atoms with Crippen molar-refractivity contribution in [3.05, 3.63) is 36.3 Å². The summed E-state index contributed by atoms with van der Waals surface area (Å²) in [5.74, 6) is 0.814. The lowest BCUT2D eigenvalue weighted by molar-refractivity contribution is 0.0995. The molecular weight excluding hydrogens is 140 g/mol. The quantitative estimate of drug-likeness (QED) is 0.489. The predicted molar refractivity (Wildman–Crippen MR) is 42.6 cm³/mol. The van der Waals surface area contributed by atoms with Crippen molar-refractivity contribution in [1.29, 1.82) is 0 Å². The van der Waals surface area contributed by atoms with Crippen LogP contribution < -0.4 is 0 Å². The van der Waals surface area contributed by atoms with Crippen LogP contribution in [0.1, 0.15) is 22.5 Å². The second-order valence-electron chi connectivity index (χ2n) is 2.36. The maximum absolute atomic E-state index is 11.1. The van der Waals surface area contributed by atoms with Gasteiger partial charge >= 0.3 is 0 Å². The molecule has 0 aliphatic rings. The van der Waals surface area contributed by atoms with E-state index in [-0.39, 0.29) is 5.78 Å². The van der Waals surface area contributed by atoms with Gasteiger partial charge in [0.15, 0.2) is 5.78 Å². The average Bonchev–Trinajstić information content (AvgIpc) is 2.36. The standard InChI is InChI=1S/C9H10O2/c1-3-4-9(10)8-5-7(2)11-6-8/h3,5-6H,1,4H2,2H3. The zero-order valence-electron chi connectivity index (χ0n) is 6.46. The molecule has 0 aliphatic carbocycles. The third kappa shape index (κ3) is 1.80. The maximum atomic E-state index is 11.1. The number of hydrogen-bond acceptors (Lipinski definition) is 2. The molecule has 11 heavy (non-hydrogen) atoms. The van der Waals surface area contributed by atoms with Crippen LogP contribution in [-0.2, 0) is 0 Å². The van der Waals surface area contributed by atoms with Gasteiger partial charge < -0.3 is 4.42 Å². The fourth-order valence-corrected chi connectivity index (χ4v) is 0.839. The van der Waals surface area contributed by atoms with E-state index in [0.29, 0.717) is 12.0 Å². The summed E-state index contributed by atoms with van der Waals surface area (Å²) >= 11 is 0. The molecule has 0 fully saturated rings. The molecule has 0 aliphatic heterocycles. The lowest BCUT2D eigenvalue weighted by Crippen LogP contribution is -1.93. The van der Waals surface area contributed by atoms with E-state index >= 15 is 0 Å². The van der Waals surface area contributed by atoms with Gasteiger partial charge in [-0.25, -0.2) is 0 Å². The molecule has 0 radical (unpaired) electrons. The molecule has 0 amide bonds. The molecule has 0 unspecified atom stereocenters. The highest BCUT2D eigenvalue weighted by molar-refractivity contribution is 5.96. The molecule has 1 rings (SSSR count). The number of ketones is 1. The molecule has 0 saturated heterocycles. The summed E-state index contributed by atoms with van der Waals surface area (Å²) in [6.45, 7) is 5.29. The highest BCUT2D eigenvalue weighted by Crippen LogP contribution is 2.08. The third-order valence-corrected chi connectivity index (χ3v) is 1.38. The first-order valence-corrected chi connectivity index (χ1v) is 3.43. The summed E-state index contributed by atoms with van der Waals surface area (Å²) < 4.78 is 4.98. The molecule has 58 valence electrons. The first kappa shape index (κ1) is 7.79. The minimum absolute atomic E-state index is 0.0526. The van der Waals surface area contributed by atoms with E-state index in [4.69, 9.17) is 4.42 Å². The third-order valence-electron chi connectivity index (χ3n) is 1.38. The van der Waals surface area contributed by atoms with Crippen LogP contribution in [0, 0.1) is 6.92 Å². The average molecular weight is 150 g/mol. The van der Waals surface area contributed by atoms with Crippen LogP contribution >= 0.6 is 0 Å². The second kappa shape index (κ2) is 3.19. The molecule has 0 atom stereocenters. The first-order chi connectivity index (χ1) is 5.24. The maximum Gasteiger partial charge on any atom is 0.169 e. The van der Waals surface area contributed by atoms with Gasteiger partial charge in [0.1, 0.15) is 12.0 Å². The van der Waals surface area contributed by atoms with Gasteiger partial charge in [-0.1, -0.05) is 6.08 Å². The van der Waals surface area contributed by atoms with Crippen molar-refractivity contribution in [3.63, 3.8) is 0 Å². The minimum atomic E-state index is 0.0526. The molecule has 0 aromatic carbocycles. The molecular formula is C9H10O2. The molecule has 2 heteroatoms. The molecule has 1 aromatic rings. The summed E-state index contributed by atoms with van der Waals surface area (Å²) in [4.78, 5) is 11.1. The molecule has 2 nitrogen and oxygen atoms in total. The van der Waals surface area contributed by atoms with Crippen LogP contribution in [0.2, 0.25) is 0 Å². The zero-order chi connectivity index (χ0) is 8.27. The van der Waals surface area contributed by atoms with Gasteiger partial charge in [0.25, 0.3) is 0 Å². The Morgan fingerprint density at radius 1 is 1.82 bits per heavy atom. The van der Waals surface area contributed by atoms with Crippen molar-refractivity contribution < 1.29 is 9.21 Å². The largest absolute Gasteiger partial charge is 0.469 e. The molecule has 0 bridgehead atoms. The summed E-state index contributed by atoms with van der Waals surface area (Å²) in [5.41, 5.74) is 0.627. The zero-order valence-corrected chi connectivity index (χ0v) is 6.46. The molecule has 0 N–H and O–H groups in total. The van der Waals surface area contributed by atoms with E-state index in [0.717, 1.165) is 5.76 Å². The van der Waals surface area contributed by atoms with E-state index in [1.54, 1.807) is 12.1 Å². The van der Waals surface area contributed by atoms with Crippen LogP contribution in [0.3, 0.4) is 0 Å². The Balaban J connectivity index is 2.76. The van der Waals surface area contributed by atoms with E-state index in [1.807, 2.05) is 6.92 Å². The van der Waals surface area contributed by atoms with Crippen LogP contribution in [0.4, 0.5) is 0 Å². The number of allylic oxidation sites excluding steroid dienone is 1. The Hall–Kier alpha value is -1.31. The van der Waals surface area contributed by atoms with Gasteiger partial charge in [0.2, 0.25) is 0 Å². The van der Waals surface area contributed by atoms with Crippen molar-refractivity contribution in [2.45, 2.75) is 13.3 Å². The van der Waals surface area contributed by atoms with Crippen molar-refractivity contribution in [2.24, 2.45) is 0 Å². The Kier molecular flexibility index (Phi) is 2.26. The number of hydrogen-bond donors (Lipinski definition) is 0. The fourth-order valence-electron chi connectivity index (χ4n) is 0.839. The number of rotatable bonds is 3. The number of Topliss-reactive ketones (excluding diaryl/α,β-unsaturated/α-hetero) is 1. The van der Waals surface area contributed by atoms with Gasteiger partial charge in [-0.2, -0.15) is 0 Å². The summed E-state index contributed by atoms with van der Waals surface area (Å²) in [6.07, 6.45) is 3.44. The van der Waals surface area contributed by atoms with Crippen LogP contribution in [0.5, 0.6) is 0 Å². The monoisotopic (exact) mass is 150 g/mol. The predicted octanol–water partition coefficient (Wildman–Crippen LogP) is 2.35. The Bertz CT molecular complexity index is 271. The smallest absolute Gasteiger partial charge is 0.169 e. The van der Waals surface area contributed by atoms with Gasteiger partial charge in [-0.15, -0.1) is 6.58 Å². The number of aryl methyl sites for hydroxylation is 1. The SMILES string of the molecule is C=CCC(=O)c1coc(C)c1. The van der Waals surface area contributed by atoms with Crippen LogP contribution in [0.25, 0.3) is 0 Å². The number of carbonyl (C=O) groups excluding carboxylic acids is 1. The summed E-state index contributed by atoms with van der Waals surface area (Å²) in [5, 5.41) is 0.